The molecule has 0 bridgehead atoms. The van der Waals surface area contributed by atoms with Gasteiger partial charge < -0.3 is 18.9 Å². The normalized spacial score (nSPS) is 15.1. The lowest BCUT2D eigenvalue weighted by molar-refractivity contribution is -0.140. The van der Waals surface area contributed by atoms with Gasteiger partial charge in [0.15, 0.2) is 23.1 Å². The molecule has 0 saturated heterocycles. The fourth-order valence-electron chi connectivity index (χ4n) is 4.70. The van der Waals surface area contributed by atoms with Crippen LogP contribution in [0, 0.1) is 11.6 Å². The predicted octanol–water partition coefficient (Wildman–Crippen LogP) is 4.92. The number of rotatable bonds is 6. The van der Waals surface area contributed by atoms with Crippen LogP contribution in [0.4, 0.5) is 27.8 Å². The van der Waals surface area contributed by atoms with Gasteiger partial charge in [-0.1, -0.05) is 6.07 Å². The van der Waals surface area contributed by atoms with Crippen LogP contribution in [-0.4, -0.2) is 49.7 Å². The molecule has 9 nitrogen and oxygen atoms in total. The molecule has 0 spiro atoms. The van der Waals surface area contributed by atoms with Gasteiger partial charge in [-0.25, -0.2) is 33.7 Å². The van der Waals surface area contributed by atoms with Gasteiger partial charge in [0.25, 0.3) is 5.88 Å². The van der Waals surface area contributed by atoms with E-state index in [2.05, 4.69) is 19.9 Å². The summed E-state index contributed by atoms with van der Waals surface area (Å²) in [4.78, 5) is 23.0. The summed E-state index contributed by atoms with van der Waals surface area (Å²) >= 11 is 0. The van der Waals surface area contributed by atoms with Crippen molar-refractivity contribution in [3.05, 3.63) is 59.4 Å². The predicted molar refractivity (Wildman–Crippen MR) is 132 cm³/mol. The maximum Gasteiger partial charge on any atom is 0.434 e. The van der Waals surface area contributed by atoms with Gasteiger partial charge in [0.1, 0.15) is 18.8 Å². The highest BCUT2D eigenvalue weighted by molar-refractivity contribution is 5.70. The number of imidazole rings is 1. The van der Waals surface area contributed by atoms with Crippen LogP contribution < -0.4 is 14.4 Å². The molecule has 4 aromatic rings. The fraction of sp³-hybridized carbons (Fsp3) is 0.346. The lowest BCUT2D eigenvalue weighted by atomic mass is 10.1. The molecule has 0 radical (unpaired) electrons. The largest absolute Gasteiger partial charge is 0.480 e. The monoisotopic (exact) mass is 559 g/mol. The van der Waals surface area contributed by atoms with E-state index in [1.54, 1.807) is 4.90 Å². The highest BCUT2D eigenvalue weighted by Crippen LogP contribution is 2.46. The first-order valence-electron chi connectivity index (χ1n) is 12.4. The highest BCUT2D eigenvalue weighted by Gasteiger charge is 2.35. The van der Waals surface area contributed by atoms with E-state index in [0.717, 1.165) is 29.3 Å². The molecule has 0 N–H and O–H groups in total. The van der Waals surface area contributed by atoms with Crippen molar-refractivity contribution in [2.45, 2.75) is 31.5 Å². The van der Waals surface area contributed by atoms with Gasteiger partial charge in [0, 0.05) is 31.3 Å². The van der Waals surface area contributed by atoms with Gasteiger partial charge in [-0.2, -0.15) is 13.2 Å². The molecule has 1 aromatic carbocycles. The van der Waals surface area contributed by atoms with E-state index < -0.39 is 23.5 Å². The van der Waals surface area contributed by atoms with Gasteiger partial charge in [0.2, 0.25) is 5.88 Å². The van der Waals surface area contributed by atoms with Crippen LogP contribution in [0.1, 0.15) is 35.7 Å². The minimum Gasteiger partial charge on any atom is -0.480 e. The molecular weight excluding hydrogens is 537 g/mol. The lowest BCUT2D eigenvalue weighted by Crippen LogP contribution is -2.34. The van der Waals surface area contributed by atoms with E-state index in [0.29, 0.717) is 29.5 Å². The summed E-state index contributed by atoms with van der Waals surface area (Å²) in [5, 5.41) is 0. The van der Waals surface area contributed by atoms with Crippen molar-refractivity contribution in [1.29, 1.82) is 0 Å². The van der Waals surface area contributed by atoms with Crippen molar-refractivity contribution in [1.82, 2.24) is 29.5 Å². The molecule has 14 heteroatoms. The average molecular weight is 559 g/mol. The number of aromatic nitrogens is 6. The Morgan fingerprint density at radius 2 is 1.88 bits per heavy atom. The van der Waals surface area contributed by atoms with Crippen molar-refractivity contribution in [2.75, 3.05) is 25.2 Å². The standard InChI is InChI=1S/C26H22F5N7O2/c1-37-11-17(26(29,30)31)36-22(37)15-6-5-14(19(27)20(15)28)10-38-7-8-40-25-23(38)35-16(9-32-25)18-21(13-3-4-13)33-12-34-24(18)39-2/h5-6,9,11-13H,3-4,7-8,10H2,1-2H3. The number of halogens is 5. The minimum atomic E-state index is -4.72. The van der Waals surface area contributed by atoms with Crippen LogP contribution in [0.25, 0.3) is 22.6 Å². The molecular formula is C26H22F5N7O2. The Balaban J connectivity index is 1.34. The molecule has 6 rings (SSSR count). The number of aryl methyl sites for hydroxylation is 1. The first-order chi connectivity index (χ1) is 19.2. The number of hydrogen-bond donors (Lipinski definition) is 0. The average Bonchev–Trinajstić information content (AvgIpc) is 3.71. The van der Waals surface area contributed by atoms with E-state index in [1.165, 1.54) is 38.8 Å². The quantitative estimate of drug-likeness (QED) is 0.308. The summed E-state index contributed by atoms with van der Waals surface area (Å²) in [6, 6.07) is 2.54. The van der Waals surface area contributed by atoms with Gasteiger partial charge in [-0.05, 0) is 18.9 Å². The van der Waals surface area contributed by atoms with Gasteiger partial charge >= 0.3 is 6.18 Å². The third-order valence-electron chi connectivity index (χ3n) is 6.81. The first-order valence-corrected chi connectivity index (χ1v) is 12.4. The summed E-state index contributed by atoms with van der Waals surface area (Å²) in [5.41, 5.74) is 0.266. The molecule has 40 heavy (non-hydrogen) atoms. The molecule has 2 aliphatic rings. The van der Waals surface area contributed by atoms with Crippen LogP contribution in [-0.2, 0) is 19.8 Å². The Morgan fingerprint density at radius 3 is 2.58 bits per heavy atom. The van der Waals surface area contributed by atoms with E-state index in [9.17, 15) is 13.2 Å². The molecule has 1 aliphatic carbocycles. The molecule has 0 unspecified atom stereocenters. The van der Waals surface area contributed by atoms with Crippen molar-refractivity contribution in [3.63, 3.8) is 0 Å². The highest BCUT2D eigenvalue weighted by atomic mass is 19.4. The number of benzene rings is 1. The molecule has 0 amide bonds. The Hall–Kier alpha value is -4.36. The second kappa shape index (κ2) is 9.68. The summed E-state index contributed by atoms with van der Waals surface area (Å²) in [6.45, 7) is 0.450. The first kappa shape index (κ1) is 25.9. The summed E-state index contributed by atoms with van der Waals surface area (Å²) in [5.74, 6) is -1.68. The van der Waals surface area contributed by atoms with Gasteiger partial charge in [-0.15, -0.1) is 0 Å². The molecule has 1 fully saturated rings. The van der Waals surface area contributed by atoms with Crippen LogP contribution >= 0.6 is 0 Å². The van der Waals surface area contributed by atoms with E-state index >= 15 is 8.78 Å². The van der Waals surface area contributed by atoms with Crippen LogP contribution in [0.2, 0.25) is 0 Å². The molecule has 0 atom stereocenters. The molecule has 4 heterocycles. The topological polar surface area (TPSA) is 91.1 Å². The van der Waals surface area contributed by atoms with Gasteiger partial charge in [0.05, 0.1) is 42.4 Å². The summed E-state index contributed by atoms with van der Waals surface area (Å²) < 4.78 is 81.8. The zero-order valence-electron chi connectivity index (χ0n) is 21.3. The summed E-state index contributed by atoms with van der Waals surface area (Å²) in [7, 11) is 2.78. The zero-order valence-corrected chi connectivity index (χ0v) is 21.3. The number of alkyl halides is 3. The van der Waals surface area contributed by atoms with Gasteiger partial charge in [-0.3, -0.25) is 0 Å². The number of anilines is 1. The number of methoxy groups -OCH3 is 1. The Bertz CT molecular complexity index is 1600. The maximum absolute atomic E-state index is 15.3. The molecule has 3 aromatic heterocycles. The maximum atomic E-state index is 15.3. The minimum absolute atomic E-state index is 0.0224. The van der Waals surface area contributed by atoms with E-state index in [4.69, 9.17) is 14.5 Å². The van der Waals surface area contributed by atoms with Crippen LogP contribution in [0.3, 0.4) is 0 Å². The Kier molecular flexibility index (Phi) is 6.27. The second-order valence-corrected chi connectivity index (χ2v) is 9.53. The number of ether oxygens (including phenoxy) is 2. The van der Waals surface area contributed by atoms with E-state index in [1.807, 2.05) is 0 Å². The number of fused-ring (bicyclic) bond motifs is 1. The summed E-state index contributed by atoms with van der Waals surface area (Å²) in [6.07, 6.45) is 0.946. The second-order valence-electron chi connectivity index (χ2n) is 9.53. The third kappa shape index (κ3) is 4.56. The molecule has 1 aliphatic heterocycles. The Morgan fingerprint density at radius 1 is 1.07 bits per heavy atom. The SMILES string of the molecule is COc1ncnc(C2CC2)c1-c1cnc2c(n1)N(Cc1ccc(-c3nc(C(F)(F)F)cn3C)c(F)c1F)CCO2. The third-order valence-corrected chi connectivity index (χ3v) is 6.81. The fourth-order valence-corrected chi connectivity index (χ4v) is 4.70. The van der Waals surface area contributed by atoms with Crippen molar-refractivity contribution < 1.29 is 31.4 Å². The smallest absolute Gasteiger partial charge is 0.434 e. The molecule has 1 saturated carbocycles. The van der Waals surface area contributed by atoms with Crippen molar-refractivity contribution in [2.24, 2.45) is 7.05 Å². The van der Waals surface area contributed by atoms with Crippen LogP contribution in [0.15, 0.2) is 30.9 Å². The van der Waals surface area contributed by atoms with Crippen LogP contribution in [0.5, 0.6) is 11.8 Å². The Labute approximate surface area is 224 Å². The number of hydrogen-bond acceptors (Lipinski definition) is 8. The number of nitrogens with zero attached hydrogens (tertiary/aromatic N) is 7. The molecule has 208 valence electrons. The lowest BCUT2D eigenvalue weighted by Gasteiger charge is -2.30. The van der Waals surface area contributed by atoms with E-state index in [-0.39, 0.29) is 41.9 Å². The zero-order chi connectivity index (χ0) is 28.2. The van der Waals surface area contributed by atoms with Crippen molar-refractivity contribution >= 4 is 5.82 Å². The van der Waals surface area contributed by atoms with Crippen molar-refractivity contribution in [3.8, 4) is 34.4 Å².